The molecule has 3 aromatic rings. The number of aryl methyl sites for hydroxylation is 1. The van der Waals surface area contributed by atoms with E-state index < -0.39 is 15.6 Å². The molecule has 4 rings (SSSR count). The number of aliphatic hydroxyl groups excluding tert-OH is 1. The fourth-order valence-electron chi connectivity index (χ4n) is 3.36. The number of benzene rings is 2. The lowest BCUT2D eigenvalue weighted by atomic mass is 10.1. The van der Waals surface area contributed by atoms with Gasteiger partial charge in [-0.15, -0.1) is 0 Å². The summed E-state index contributed by atoms with van der Waals surface area (Å²) in [6.45, 7) is 1.59. The standard InChI is InChI=1S/C21H21ClN2O6S/c1-13-3-4-16(9-17(13)22)31(27,28)24(5-2-6-25)11-15-7-14-8-19-20(30-12-29-19)10-18(14)23-21(15)26/h3-4,7-10,25H,2,5-6,11-12H2,1H3,(H,23,26). The number of nitrogens with zero attached hydrogens (tertiary/aromatic N) is 1. The van der Waals surface area contributed by atoms with Crippen molar-refractivity contribution in [1.29, 1.82) is 0 Å². The monoisotopic (exact) mass is 464 g/mol. The Morgan fingerprint density at radius 3 is 2.61 bits per heavy atom. The molecule has 2 heterocycles. The van der Waals surface area contributed by atoms with Gasteiger partial charge in [-0.05, 0) is 43.2 Å². The summed E-state index contributed by atoms with van der Waals surface area (Å²) in [7, 11) is -3.95. The van der Waals surface area contributed by atoms with Crippen molar-refractivity contribution in [3.8, 4) is 11.5 Å². The van der Waals surface area contributed by atoms with Gasteiger partial charge < -0.3 is 19.6 Å². The number of aromatic amines is 1. The number of rotatable bonds is 7. The predicted octanol–water partition coefficient (Wildman–Crippen LogP) is 2.79. The van der Waals surface area contributed by atoms with E-state index in [1.165, 1.54) is 16.4 Å². The first-order valence-corrected chi connectivity index (χ1v) is 11.4. The van der Waals surface area contributed by atoms with E-state index in [9.17, 15) is 18.3 Å². The zero-order chi connectivity index (χ0) is 22.2. The molecule has 0 atom stereocenters. The fourth-order valence-corrected chi connectivity index (χ4v) is 5.09. The predicted molar refractivity (Wildman–Crippen MR) is 116 cm³/mol. The highest BCUT2D eigenvalue weighted by Crippen LogP contribution is 2.35. The minimum Gasteiger partial charge on any atom is -0.454 e. The maximum absolute atomic E-state index is 13.3. The van der Waals surface area contributed by atoms with Gasteiger partial charge in [0.05, 0.1) is 10.4 Å². The number of nitrogens with one attached hydrogen (secondary N) is 1. The molecular formula is C21H21ClN2O6S. The molecule has 0 amide bonds. The van der Waals surface area contributed by atoms with Crippen LogP contribution in [0.15, 0.2) is 46.1 Å². The van der Waals surface area contributed by atoms with E-state index >= 15 is 0 Å². The number of aromatic nitrogens is 1. The van der Waals surface area contributed by atoms with Gasteiger partial charge in [0.25, 0.3) is 5.56 Å². The second-order valence-electron chi connectivity index (χ2n) is 7.24. The van der Waals surface area contributed by atoms with Gasteiger partial charge >= 0.3 is 0 Å². The van der Waals surface area contributed by atoms with Crippen molar-refractivity contribution in [1.82, 2.24) is 9.29 Å². The molecule has 0 saturated heterocycles. The van der Waals surface area contributed by atoms with E-state index in [1.807, 2.05) is 0 Å². The van der Waals surface area contributed by atoms with E-state index in [2.05, 4.69) is 4.98 Å². The van der Waals surface area contributed by atoms with Gasteiger partial charge in [-0.1, -0.05) is 17.7 Å². The Labute approximate surface area is 184 Å². The number of sulfonamides is 1. The quantitative estimate of drug-likeness (QED) is 0.556. The highest BCUT2D eigenvalue weighted by Gasteiger charge is 2.26. The normalized spacial score (nSPS) is 13.3. The van der Waals surface area contributed by atoms with Crippen molar-refractivity contribution < 1.29 is 23.0 Å². The molecule has 164 valence electrons. The summed E-state index contributed by atoms with van der Waals surface area (Å²) < 4.78 is 38.4. The van der Waals surface area contributed by atoms with Crippen LogP contribution < -0.4 is 15.0 Å². The summed E-state index contributed by atoms with van der Waals surface area (Å²) in [5.74, 6) is 1.10. The van der Waals surface area contributed by atoms with Crippen molar-refractivity contribution >= 4 is 32.5 Å². The maximum Gasteiger partial charge on any atom is 0.252 e. The molecule has 31 heavy (non-hydrogen) atoms. The Morgan fingerprint density at radius 1 is 1.16 bits per heavy atom. The number of halogens is 1. The summed E-state index contributed by atoms with van der Waals surface area (Å²) >= 11 is 6.13. The second kappa shape index (κ2) is 8.51. The van der Waals surface area contributed by atoms with Gasteiger partial charge in [-0.25, -0.2) is 8.42 Å². The lowest BCUT2D eigenvalue weighted by molar-refractivity contribution is 0.174. The number of pyridine rings is 1. The van der Waals surface area contributed by atoms with Gasteiger partial charge in [-0.3, -0.25) is 4.79 Å². The van der Waals surface area contributed by atoms with Gasteiger partial charge in [0.1, 0.15) is 0 Å². The van der Waals surface area contributed by atoms with Crippen LogP contribution in [0.3, 0.4) is 0 Å². The van der Waals surface area contributed by atoms with Crippen LogP contribution >= 0.6 is 11.6 Å². The van der Waals surface area contributed by atoms with Crippen LogP contribution in [0.5, 0.6) is 11.5 Å². The van der Waals surface area contributed by atoms with E-state index in [0.29, 0.717) is 27.4 Å². The number of fused-ring (bicyclic) bond motifs is 2. The van der Waals surface area contributed by atoms with Crippen molar-refractivity contribution in [2.24, 2.45) is 0 Å². The Morgan fingerprint density at radius 2 is 1.90 bits per heavy atom. The summed E-state index contributed by atoms with van der Waals surface area (Å²) in [6.07, 6.45) is 0.225. The van der Waals surface area contributed by atoms with Gasteiger partial charge in [0.2, 0.25) is 16.8 Å². The molecule has 0 unspecified atom stereocenters. The van der Waals surface area contributed by atoms with E-state index in [4.69, 9.17) is 21.1 Å². The molecule has 1 aromatic heterocycles. The van der Waals surface area contributed by atoms with Gasteiger partial charge in [0.15, 0.2) is 11.5 Å². The minimum absolute atomic E-state index is 0.0293. The third-order valence-corrected chi connectivity index (χ3v) is 7.36. The fraction of sp³-hybridized carbons (Fsp3) is 0.286. The Kier molecular flexibility index (Phi) is 5.94. The highest BCUT2D eigenvalue weighted by molar-refractivity contribution is 7.89. The molecule has 0 bridgehead atoms. The molecule has 0 aliphatic carbocycles. The topological polar surface area (TPSA) is 109 Å². The van der Waals surface area contributed by atoms with Gasteiger partial charge in [-0.2, -0.15) is 4.31 Å². The first-order chi connectivity index (χ1) is 14.8. The Hall–Kier alpha value is -2.59. The molecule has 0 fully saturated rings. The first kappa shape index (κ1) is 21.6. The Bertz CT molecular complexity index is 1310. The number of hydrogen-bond acceptors (Lipinski definition) is 6. The van der Waals surface area contributed by atoms with Crippen LogP contribution in [0.4, 0.5) is 0 Å². The van der Waals surface area contributed by atoms with Crippen LogP contribution in [0.25, 0.3) is 10.9 Å². The zero-order valence-electron chi connectivity index (χ0n) is 16.7. The summed E-state index contributed by atoms with van der Waals surface area (Å²) in [6, 6.07) is 9.56. The second-order valence-corrected chi connectivity index (χ2v) is 9.59. The molecule has 8 nitrogen and oxygen atoms in total. The zero-order valence-corrected chi connectivity index (χ0v) is 18.3. The lowest BCUT2D eigenvalue weighted by Gasteiger charge is -2.22. The van der Waals surface area contributed by atoms with Crippen LogP contribution in [0, 0.1) is 6.92 Å². The van der Waals surface area contributed by atoms with Crippen LogP contribution in [-0.2, 0) is 16.6 Å². The lowest BCUT2D eigenvalue weighted by Crippen LogP contribution is -2.34. The first-order valence-electron chi connectivity index (χ1n) is 9.62. The van der Waals surface area contributed by atoms with Crippen LogP contribution in [0.2, 0.25) is 5.02 Å². The molecule has 2 aromatic carbocycles. The number of ether oxygens (including phenoxy) is 2. The van der Waals surface area contributed by atoms with Crippen molar-refractivity contribution in [3.63, 3.8) is 0 Å². The summed E-state index contributed by atoms with van der Waals surface area (Å²) in [4.78, 5) is 15.5. The number of H-pyrrole nitrogens is 1. The van der Waals surface area contributed by atoms with Crippen molar-refractivity contribution in [2.45, 2.75) is 24.8 Å². The van der Waals surface area contributed by atoms with E-state index in [1.54, 1.807) is 31.2 Å². The van der Waals surface area contributed by atoms with Crippen LogP contribution in [-0.4, -0.2) is 42.8 Å². The molecular weight excluding hydrogens is 444 g/mol. The van der Waals surface area contributed by atoms with E-state index in [0.717, 1.165) is 5.56 Å². The molecule has 10 heteroatoms. The molecule has 0 saturated carbocycles. The molecule has 2 N–H and O–H groups in total. The smallest absolute Gasteiger partial charge is 0.252 e. The van der Waals surface area contributed by atoms with Gasteiger partial charge in [0, 0.05) is 41.7 Å². The average molecular weight is 465 g/mol. The Balaban J connectivity index is 1.72. The third kappa shape index (κ3) is 4.27. The highest BCUT2D eigenvalue weighted by atomic mass is 35.5. The average Bonchev–Trinajstić information content (AvgIpc) is 3.18. The number of hydrogen-bond donors (Lipinski definition) is 2. The molecule has 1 aliphatic heterocycles. The third-order valence-electron chi connectivity index (χ3n) is 5.11. The van der Waals surface area contributed by atoms with Crippen molar-refractivity contribution in [3.05, 3.63) is 62.9 Å². The number of aliphatic hydroxyl groups is 1. The SMILES string of the molecule is Cc1ccc(S(=O)(=O)N(CCCO)Cc2cc3cc4c(cc3[nH]c2=O)OCO4)cc1Cl. The molecule has 0 radical (unpaired) electrons. The largest absolute Gasteiger partial charge is 0.454 e. The van der Waals surface area contributed by atoms with Crippen LogP contribution in [0.1, 0.15) is 17.5 Å². The molecule has 1 aliphatic rings. The summed E-state index contributed by atoms with van der Waals surface area (Å²) in [5.41, 5.74) is 1.18. The maximum atomic E-state index is 13.3. The minimum atomic E-state index is -3.95. The van der Waals surface area contributed by atoms with Crippen molar-refractivity contribution in [2.75, 3.05) is 19.9 Å². The van der Waals surface area contributed by atoms with E-state index in [-0.39, 0.29) is 43.4 Å². The molecule has 0 spiro atoms. The summed E-state index contributed by atoms with van der Waals surface area (Å²) in [5, 5.41) is 10.3.